The van der Waals surface area contributed by atoms with Crippen LogP contribution in [0.3, 0.4) is 0 Å². The van der Waals surface area contributed by atoms with Crippen LogP contribution in [0.25, 0.3) is 0 Å². The zero-order chi connectivity index (χ0) is 14.5. The summed E-state index contributed by atoms with van der Waals surface area (Å²) in [5.74, 6) is 0.722. The molecule has 0 aromatic carbocycles. The first-order chi connectivity index (χ1) is 9.61. The third kappa shape index (κ3) is 3.46. The van der Waals surface area contributed by atoms with Crippen LogP contribution in [0.2, 0.25) is 0 Å². The highest BCUT2D eigenvalue weighted by Gasteiger charge is 2.21. The minimum atomic E-state index is -0.219. The van der Waals surface area contributed by atoms with Crippen molar-refractivity contribution < 1.29 is 9.53 Å². The molecular weight excluding hydrogens is 274 g/mol. The van der Waals surface area contributed by atoms with Gasteiger partial charge in [0.1, 0.15) is 5.82 Å². The Bertz CT molecular complexity index is 551. The molecule has 6 heteroatoms. The molecule has 0 saturated heterocycles. The van der Waals surface area contributed by atoms with Crippen LogP contribution < -0.4 is 5.32 Å². The number of hydrogen-bond acceptors (Lipinski definition) is 5. The lowest BCUT2D eigenvalue weighted by Crippen LogP contribution is -2.28. The van der Waals surface area contributed by atoms with Gasteiger partial charge in [0.15, 0.2) is 0 Å². The highest BCUT2D eigenvalue weighted by Crippen LogP contribution is 2.25. The number of rotatable bonds is 6. The Morgan fingerprint density at radius 3 is 2.95 bits per heavy atom. The summed E-state index contributed by atoms with van der Waals surface area (Å²) in [4.78, 5) is 17.0. The smallest absolute Gasteiger partial charge is 0.307 e. The van der Waals surface area contributed by atoms with E-state index in [9.17, 15) is 4.79 Å². The molecule has 2 atom stereocenters. The molecule has 0 spiro atoms. The first kappa shape index (κ1) is 14.7. The maximum Gasteiger partial charge on any atom is 0.307 e. The zero-order valence-corrected chi connectivity index (χ0v) is 12.7. The predicted molar refractivity (Wildman–Crippen MR) is 78.5 cm³/mol. The van der Waals surface area contributed by atoms with Crippen LogP contribution in [0.1, 0.15) is 36.1 Å². The van der Waals surface area contributed by atoms with E-state index in [-0.39, 0.29) is 18.1 Å². The lowest BCUT2D eigenvalue weighted by Gasteiger charge is -2.21. The molecule has 0 amide bonds. The fourth-order valence-electron chi connectivity index (χ4n) is 2.15. The molecule has 2 heterocycles. The first-order valence-corrected chi connectivity index (χ1v) is 7.33. The van der Waals surface area contributed by atoms with E-state index in [4.69, 9.17) is 4.74 Å². The van der Waals surface area contributed by atoms with Crippen LogP contribution in [0, 0.1) is 0 Å². The van der Waals surface area contributed by atoms with Gasteiger partial charge in [-0.25, -0.2) is 4.98 Å². The number of thiophene rings is 1. The summed E-state index contributed by atoms with van der Waals surface area (Å²) < 4.78 is 6.75. The molecule has 0 aliphatic rings. The Morgan fingerprint density at radius 1 is 1.60 bits per heavy atom. The average molecular weight is 293 g/mol. The maximum atomic E-state index is 11.6. The van der Waals surface area contributed by atoms with Gasteiger partial charge in [-0.2, -0.15) is 0 Å². The van der Waals surface area contributed by atoms with Gasteiger partial charge in [0, 0.05) is 24.3 Å². The Hall–Kier alpha value is -1.66. The molecule has 108 valence electrons. The lowest BCUT2D eigenvalue weighted by molar-refractivity contribution is -0.141. The molecule has 5 nitrogen and oxygen atoms in total. The largest absolute Gasteiger partial charge is 0.469 e. The fourth-order valence-corrected chi connectivity index (χ4v) is 2.94. The Labute approximate surface area is 122 Å². The molecule has 1 N–H and O–H groups in total. The second-order valence-corrected chi connectivity index (χ2v) is 5.61. The van der Waals surface area contributed by atoms with Crippen molar-refractivity contribution >= 4 is 17.3 Å². The summed E-state index contributed by atoms with van der Waals surface area (Å²) in [5, 5.41) is 5.46. The molecular formula is C14H19N3O2S. The number of carbonyl (C=O) groups excluding carboxylic acids is 1. The molecule has 0 fully saturated rings. The van der Waals surface area contributed by atoms with Gasteiger partial charge in [-0.05, 0) is 18.4 Å². The lowest BCUT2D eigenvalue weighted by atomic mass is 10.1. The standard InChI is InChI=1S/C14H19N3O2S/c1-10(14-15-6-7-17(14)2)16-11(9-13(18)19-3)12-5-4-8-20-12/h4-8,10-11,16H,9H2,1-3H3. The number of hydrogen-bond donors (Lipinski definition) is 1. The van der Waals surface area contributed by atoms with Crippen molar-refractivity contribution in [1.29, 1.82) is 0 Å². The molecule has 0 saturated carbocycles. The van der Waals surface area contributed by atoms with Gasteiger partial charge >= 0.3 is 5.97 Å². The predicted octanol–water partition coefficient (Wildman–Crippen LogP) is 2.44. The third-order valence-corrected chi connectivity index (χ3v) is 4.17. The van der Waals surface area contributed by atoms with Gasteiger partial charge in [-0.3, -0.25) is 10.1 Å². The fraction of sp³-hybridized carbons (Fsp3) is 0.429. The van der Waals surface area contributed by atoms with Crippen molar-refractivity contribution in [3.63, 3.8) is 0 Å². The van der Waals surface area contributed by atoms with Crippen LogP contribution in [0.4, 0.5) is 0 Å². The van der Waals surface area contributed by atoms with E-state index in [1.165, 1.54) is 7.11 Å². The number of aromatic nitrogens is 2. The Kier molecular flexibility index (Phi) is 4.92. The summed E-state index contributed by atoms with van der Waals surface area (Å²) in [7, 11) is 3.37. The van der Waals surface area contributed by atoms with Gasteiger partial charge in [0.2, 0.25) is 0 Å². The van der Waals surface area contributed by atoms with Crippen molar-refractivity contribution in [2.45, 2.75) is 25.4 Å². The third-order valence-electron chi connectivity index (χ3n) is 3.18. The highest BCUT2D eigenvalue weighted by atomic mass is 32.1. The molecule has 0 aliphatic heterocycles. The van der Waals surface area contributed by atoms with Crippen molar-refractivity contribution in [2.75, 3.05) is 7.11 Å². The molecule has 20 heavy (non-hydrogen) atoms. The molecule has 2 aromatic heterocycles. The zero-order valence-electron chi connectivity index (χ0n) is 11.9. The quantitative estimate of drug-likeness (QED) is 0.831. The van der Waals surface area contributed by atoms with Crippen LogP contribution in [0.5, 0.6) is 0 Å². The molecule has 0 aliphatic carbocycles. The van der Waals surface area contributed by atoms with Crippen LogP contribution in [-0.2, 0) is 16.6 Å². The second-order valence-electron chi connectivity index (χ2n) is 4.63. The van der Waals surface area contributed by atoms with Crippen molar-refractivity contribution in [2.24, 2.45) is 7.05 Å². The minimum Gasteiger partial charge on any atom is -0.469 e. The van der Waals surface area contributed by atoms with Crippen LogP contribution >= 0.6 is 11.3 Å². The number of carbonyl (C=O) groups is 1. The monoisotopic (exact) mass is 293 g/mol. The number of nitrogens with zero attached hydrogens (tertiary/aromatic N) is 2. The normalized spacial score (nSPS) is 13.9. The summed E-state index contributed by atoms with van der Waals surface area (Å²) in [5.41, 5.74) is 0. The molecule has 0 radical (unpaired) electrons. The molecule has 0 bridgehead atoms. The van der Waals surface area contributed by atoms with Gasteiger partial charge < -0.3 is 9.30 Å². The first-order valence-electron chi connectivity index (χ1n) is 6.45. The minimum absolute atomic E-state index is 0.0479. The maximum absolute atomic E-state index is 11.6. The van der Waals surface area contributed by atoms with Crippen molar-refractivity contribution in [1.82, 2.24) is 14.9 Å². The highest BCUT2D eigenvalue weighted by molar-refractivity contribution is 7.10. The van der Waals surface area contributed by atoms with Gasteiger partial charge in [0.25, 0.3) is 0 Å². The number of aryl methyl sites for hydroxylation is 1. The number of methoxy groups -OCH3 is 1. The number of esters is 1. The summed E-state index contributed by atoms with van der Waals surface area (Å²) >= 11 is 1.63. The van der Waals surface area contributed by atoms with E-state index in [1.807, 2.05) is 42.2 Å². The topological polar surface area (TPSA) is 56.1 Å². The number of ether oxygens (including phenoxy) is 1. The van der Waals surface area contributed by atoms with Crippen molar-refractivity contribution in [3.05, 3.63) is 40.6 Å². The van der Waals surface area contributed by atoms with Gasteiger partial charge in [-0.1, -0.05) is 6.07 Å². The van der Waals surface area contributed by atoms with E-state index in [0.717, 1.165) is 10.7 Å². The summed E-state index contributed by atoms with van der Waals surface area (Å²) in [6.07, 6.45) is 3.99. The van der Waals surface area contributed by atoms with Gasteiger partial charge in [0.05, 0.1) is 25.6 Å². The average Bonchev–Trinajstić information content (AvgIpc) is 3.08. The van der Waals surface area contributed by atoms with E-state index >= 15 is 0 Å². The summed E-state index contributed by atoms with van der Waals surface area (Å²) in [6, 6.07) is 3.99. The Balaban J connectivity index is 2.11. The van der Waals surface area contributed by atoms with Crippen LogP contribution in [-0.4, -0.2) is 22.6 Å². The van der Waals surface area contributed by atoms with E-state index in [1.54, 1.807) is 17.5 Å². The Morgan fingerprint density at radius 2 is 2.40 bits per heavy atom. The summed E-state index contributed by atoms with van der Waals surface area (Å²) in [6.45, 7) is 2.04. The number of nitrogens with one attached hydrogen (secondary N) is 1. The molecule has 2 rings (SSSR count). The SMILES string of the molecule is COC(=O)CC(NC(C)c1nccn1C)c1cccs1. The van der Waals surface area contributed by atoms with Gasteiger partial charge in [-0.15, -0.1) is 11.3 Å². The van der Waals surface area contributed by atoms with Crippen LogP contribution in [0.15, 0.2) is 29.9 Å². The van der Waals surface area contributed by atoms with Crippen molar-refractivity contribution in [3.8, 4) is 0 Å². The molecule has 2 aromatic rings. The van der Waals surface area contributed by atoms with E-state index in [2.05, 4.69) is 10.3 Å². The molecule has 2 unspecified atom stereocenters. The van der Waals surface area contributed by atoms with E-state index < -0.39 is 0 Å². The second kappa shape index (κ2) is 6.67. The number of imidazole rings is 1. The van der Waals surface area contributed by atoms with E-state index in [0.29, 0.717) is 6.42 Å².